The number of carbonyl (C=O) groups excluding carboxylic acids is 1. The molecule has 0 saturated carbocycles. The van der Waals surface area contributed by atoms with Gasteiger partial charge in [0.15, 0.2) is 0 Å². The van der Waals surface area contributed by atoms with E-state index >= 15 is 0 Å². The average molecular weight is 407 g/mol. The number of hydrogen-bond donors (Lipinski definition) is 0. The molecule has 0 atom stereocenters. The monoisotopic (exact) mass is 406 g/mol. The van der Waals surface area contributed by atoms with Crippen LogP contribution in [0.5, 0.6) is 0 Å². The molecule has 0 saturated heterocycles. The van der Waals surface area contributed by atoms with Gasteiger partial charge in [0.1, 0.15) is 0 Å². The van der Waals surface area contributed by atoms with Crippen LogP contribution in [0.2, 0.25) is 0 Å². The van der Waals surface area contributed by atoms with E-state index in [1.165, 1.54) is 94.6 Å². The maximum absolute atomic E-state index is 10.4. The van der Waals surface area contributed by atoms with Crippen molar-refractivity contribution in [2.75, 3.05) is 6.61 Å². The predicted octanol–water partition coefficient (Wildman–Crippen LogP) is 8.71. The zero-order chi connectivity index (χ0) is 20.3. The molecular weight excluding hydrogens is 368 g/mol. The van der Waals surface area contributed by atoms with Crippen molar-refractivity contribution in [2.24, 2.45) is 0 Å². The van der Waals surface area contributed by atoms with Gasteiger partial charge in [-0.3, -0.25) is 0 Å². The van der Waals surface area contributed by atoms with Gasteiger partial charge in [-0.1, -0.05) is 114 Å². The van der Waals surface area contributed by atoms with Gasteiger partial charge >= 0.3 is 5.43 Å². The lowest BCUT2D eigenvalue weighted by Gasteiger charge is -2.04. The van der Waals surface area contributed by atoms with Crippen LogP contribution in [0.15, 0.2) is 30.8 Å². The smallest absolute Gasteiger partial charge is 0.403 e. The molecule has 0 heterocycles. The summed E-state index contributed by atoms with van der Waals surface area (Å²) in [6, 6.07) is 8.78. The molecule has 0 fully saturated rings. The highest BCUT2D eigenvalue weighted by molar-refractivity contribution is 6.61. The number of ether oxygens (including phenoxy) is 1. The number of unbranched alkanes of at least 4 members (excludes halogenated alkanes) is 13. The molecule has 0 radical (unpaired) electrons. The molecule has 0 unspecified atom stereocenters. The summed E-state index contributed by atoms with van der Waals surface area (Å²) in [7, 11) is 0. The van der Waals surface area contributed by atoms with E-state index in [1.807, 2.05) is 6.08 Å². The first-order chi connectivity index (χ1) is 13.7. The summed E-state index contributed by atoms with van der Waals surface area (Å²) >= 11 is 5.11. The minimum atomic E-state index is -0.685. The maximum Gasteiger partial charge on any atom is 0.403 e. The molecule has 0 N–H and O–H groups in total. The highest BCUT2D eigenvalue weighted by Gasteiger charge is 1.97. The molecule has 0 bridgehead atoms. The van der Waals surface area contributed by atoms with Crippen LogP contribution < -0.4 is 0 Å². The molecule has 0 amide bonds. The van der Waals surface area contributed by atoms with Crippen molar-refractivity contribution in [3.05, 3.63) is 42.0 Å². The van der Waals surface area contributed by atoms with Gasteiger partial charge in [-0.2, -0.15) is 0 Å². The van der Waals surface area contributed by atoms with Crippen LogP contribution in [0.25, 0.3) is 6.08 Å². The lowest BCUT2D eigenvalue weighted by Crippen LogP contribution is -1.96. The first-order valence-corrected chi connectivity index (χ1v) is 11.6. The first kappa shape index (κ1) is 24.8. The van der Waals surface area contributed by atoms with Crippen molar-refractivity contribution in [2.45, 2.75) is 96.3 Å². The number of carbonyl (C=O) groups is 1. The Morgan fingerprint density at radius 2 is 1.18 bits per heavy atom. The molecule has 3 heteroatoms. The first-order valence-electron chi connectivity index (χ1n) is 11.3. The van der Waals surface area contributed by atoms with E-state index in [1.54, 1.807) is 0 Å². The van der Waals surface area contributed by atoms with Crippen LogP contribution in [0, 0.1) is 0 Å². The fourth-order valence-corrected chi connectivity index (χ4v) is 3.60. The second-order valence-electron chi connectivity index (χ2n) is 7.73. The van der Waals surface area contributed by atoms with Crippen molar-refractivity contribution in [3.8, 4) is 0 Å². The molecule has 0 aliphatic heterocycles. The summed E-state index contributed by atoms with van der Waals surface area (Å²) in [4.78, 5) is 10.4. The Kier molecular flexibility index (Phi) is 15.7. The minimum Gasteiger partial charge on any atom is -0.454 e. The summed E-state index contributed by atoms with van der Waals surface area (Å²) < 4.78 is 4.71. The van der Waals surface area contributed by atoms with Gasteiger partial charge in [0.2, 0.25) is 0 Å². The highest BCUT2D eigenvalue weighted by atomic mass is 35.5. The van der Waals surface area contributed by atoms with E-state index in [2.05, 4.69) is 30.8 Å². The second-order valence-corrected chi connectivity index (χ2v) is 8.04. The fraction of sp³-hybridized carbons (Fsp3) is 0.640. The lowest BCUT2D eigenvalue weighted by molar-refractivity contribution is 0.170. The summed E-state index contributed by atoms with van der Waals surface area (Å²) in [5.41, 5.74) is 1.97. The predicted molar refractivity (Wildman–Crippen MR) is 122 cm³/mol. The van der Waals surface area contributed by atoms with Gasteiger partial charge in [-0.15, -0.1) is 0 Å². The fourth-order valence-electron chi connectivity index (χ4n) is 3.53. The molecule has 1 aromatic rings. The van der Waals surface area contributed by atoms with Crippen LogP contribution in [0.4, 0.5) is 4.79 Å². The summed E-state index contributed by atoms with van der Waals surface area (Å²) in [5.74, 6) is 0. The number of hydrogen-bond acceptors (Lipinski definition) is 2. The molecule has 0 spiro atoms. The van der Waals surface area contributed by atoms with Gasteiger partial charge in [0, 0.05) is 11.6 Å². The van der Waals surface area contributed by atoms with Gasteiger partial charge in [0.25, 0.3) is 0 Å². The second kappa shape index (κ2) is 17.8. The third kappa shape index (κ3) is 14.7. The molecule has 1 aromatic carbocycles. The van der Waals surface area contributed by atoms with Gasteiger partial charge in [-0.25, -0.2) is 4.79 Å². The van der Waals surface area contributed by atoms with Crippen LogP contribution in [-0.2, 0) is 11.2 Å². The largest absolute Gasteiger partial charge is 0.454 e. The zero-order valence-corrected chi connectivity index (χ0v) is 18.4. The SMILES string of the molecule is C=Cc1ccc(CCCCCCCCCCCCCCCCOC(=O)Cl)cc1. The maximum atomic E-state index is 10.4. The molecule has 2 nitrogen and oxygen atoms in total. The topological polar surface area (TPSA) is 26.3 Å². The number of rotatable bonds is 18. The Morgan fingerprint density at radius 1 is 0.750 bits per heavy atom. The van der Waals surface area contributed by atoms with Crippen molar-refractivity contribution in [3.63, 3.8) is 0 Å². The molecule has 0 aliphatic rings. The van der Waals surface area contributed by atoms with E-state index in [4.69, 9.17) is 16.3 Å². The van der Waals surface area contributed by atoms with E-state index in [9.17, 15) is 4.79 Å². The van der Waals surface area contributed by atoms with Gasteiger partial charge in [-0.05, 0) is 30.4 Å². The molecule has 158 valence electrons. The number of aryl methyl sites for hydroxylation is 1. The Balaban J connectivity index is 1.76. The van der Waals surface area contributed by atoms with Gasteiger partial charge < -0.3 is 4.74 Å². The van der Waals surface area contributed by atoms with Crippen molar-refractivity contribution < 1.29 is 9.53 Å². The summed E-state index contributed by atoms with van der Waals surface area (Å²) in [6.07, 6.45) is 21.4. The standard InChI is InChI=1S/C25H39ClO2/c1-2-23-18-20-24(21-19-23)17-15-13-11-9-7-5-3-4-6-8-10-12-14-16-22-28-25(26)27/h2,18-21H,1,3-17,22H2. The molecule has 28 heavy (non-hydrogen) atoms. The summed E-state index contributed by atoms with van der Waals surface area (Å²) in [6.45, 7) is 4.26. The highest BCUT2D eigenvalue weighted by Crippen LogP contribution is 2.14. The molecule has 1 rings (SSSR count). The Morgan fingerprint density at radius 3 is 1.61 bits per heavy atom. The Hall–Kier alpha value is -1.28. The third-order valence-corrected chi connectivity index (χ3v) is 5.40. The van der Waals surface area contributed by atoms with Crippen LogP contribution >= 0.6 is 11.6 Å². The van der Waals surface area contributed by atoms with Crippen molar-refractivity contribution in [1.29, 1.82) is 0 Å². The zero-order valence-electron chi connectivity index (χ0n) is 17.6. The molecule has 0 aromatic heterocycles. The number of benzene rings is 1. The van der Waals surface area contributed by atoms with Crippen LogP contribution in [0.3, 0.4) is 0 Å². The normalized spacial score (nSPS) is 10.8. The summed E-state index contributed by atoms with van der Waals surface area (Å²) in [5, 5.41) is 0. The lowest BCUT2D eigenvalue weighted by atomic mass is 10.0. The van der Waals surface area contributed by atoms with E-state index in [0.29, 0.717) is 6.61 Å². The average Bonchev–Trinajstić information content (AvgIpc) is 2.70. The van der Waals surface area contributed by atoms with Crippen LogP contribution in [-0.4, -0.2) is 12.0 Å². The minimum absolute atomic E-state index is 0.463. The molecular formula is C25H39ClO2. The quantitative estimate of drug-likeness (QED) is 0.180. The van der Waals surface area contributed by atoms with Crippen molar-refractivity contribution >= 4 is 23.1 Å². The van der Waals surface area contributed by atoms with Gasteiger partial charge in [0.05, 0.1) is 6.61 Å². The third-order valence-electron chi connectivity index (χ3n) is 5.29. The van der Waals surface area contributed by atoms with E-state index in [-0.39, 0.29) is 0 Å². The van der Waals surface area contributed by atoms with E-state index < -0.39 is 5.43 Å². The molecule has 0 aliphatic carbocycles. The Bertz CT molecular complexity index is 510. The van der Waals surface area contributed by atoms with Crippen LogP contribution in [0.1, 0.15) is 101 Å². The van der Waals surface area contributed by atoms with E-state index in [0.717, 1.165) is 12.8 Å². The van der Waals surface area contributed by atoms with Crippen molar-refractivity contribution in [1.82, 2.24) is 0 Å². The number of halogens is 1. The Labute approximate surface area is 177 Å².